The standard InChI is InChI=1S/C19H22N2O3/c1-2-18(22)16(19(23)24)9-7-13-8-10-17(14(11-13)12-20)21-15-5-3-4-6-15/h2,8-11,15,21-22H,3-7H2,1H3,(H,23,24)/b16-9+,18-2+. The van der Waals surface area contributed by atoms with Crippen molar-refractivity contribution in [1.82, 2.24) is 0 Å². The first-order valence-electron chi connectivity index (χ1n) is 8.13. The van der Waals surface area contributed by atoms with E-state index < -0.39 is 5.97 Å². The van der Waals surface area contributed by atoms with E-state index >= 15 is 0 Å². The Hall–Kier alpha value is -2.74. The molecule has 2 rings (SSSR count). The van der Waals surface area contributed by atoms with Gasteiger partial charge in [0.15, 0.2) is 0 Å². The molecule has 1 aromatic carbocycles. The van der Waals surface area contributed by atoms with Crippen LogP contribution in [0, 0.1) is 11.3 Å². The highest BCUT2D eigenvalue weighted by Crippen LogP contribution is 2.25. The van der Waals surface area contributed by atoms with Crippen LogP contribution in [0.25, 0.3) is 0 Å². The fourth-order valence-electron chi connectivity index (χ4n) is 2.90. The van der Waals surface area contributed by atoms with E-state index in [2.05, 4.69) is 11.4 Å². The summed E-state index contributed by atoms with van der Waals surface area (Å²) in [6, 6.07) is 8.13. The number of hydrogen-bond acceptors (Lipinski definition) is 4. The lowest BCUT2D eigenvalue weighted by atomic mass is 10.0. The molecule has 1 saturated carbocycles. The number of nitrogens with zero attached hydrogens (tertiary/aromatic N) is 1. The van der Waals surface area contributed by atoms with Gasteiger partial charge in [0.1, 0.15) is 11.8 Å². The van der Waals surface area contributed by atoms with Crippen LogP contribution in [0.2, 0.25) is 0 Å². The largest absolute Gasteiger partial charge is 0.507 e. The van der Waals surface area contributed by atoms with Crippen LogP contribution in [0.1, 0.15) is 43.7 Å². The zero-order valence-corrected chi connectivity index (χ0v) is 13.7. The molecule has 0 amide bonds. The van der Waals surface area contributed by atoms with Crippen LogP contribution < -0.4 is 5.32 Å². The number of carbonyl (C=O) groups is 1. The summed E-state index contributed by atoms with van der Waals surface area (Å²) >= 11 is 0. The first-order chi connectivity index (χ1) is 11.5. The van der Waals surface area contributed by atoms with E-state index in [-0.39, 0.29) is 11.3 Å². The lowest BCUT2D eigenvalue weighted by molar-refractivity contribution is -0.132. The summed E-state index contributed by atoms with van der Waals surface area (Å²) in [4.78, 5) is 11.2. The fourth-order valence-corrected chi connectivity index (χ4v) is 2.90. The molecule has 0 saturated heterocycles. The Balaban J connectivity index is 2.17. The van der Waals surface area contributed by atoms with Crippen molar-refractivity contribution in [2.45, 2.75) is 45.1 Å². The SMILES string of the molecule is C/C=C(O)\C(=C/Cc1ccc(NC2CCCC2)c(C#N)c1)C(=O)O. The molecule has 0 spiro atoms. The number of aliphatic hydroxyl groups excluding tert-OH is 1. The third kappa shape index (κ3) is 4.39. The van der Waals surface area contributed by atoms with Gasteiger partial charge in [0.25, 0.3) is 0 Å². The van der Waals surface area contributed by atoms with E-state index in [4.69, 9.17) is 5.11 Å². The van der Waals surface area contributed by atoms with Crippen LogP contribution in [0.4, 0.5) is 5.69 Å². The van der Waals surface area contributed by atoms with Gasteiger partial charge in [-0.1, -0.05) is 25.0 Å². The molecule has 0 heterocycles. The third-order valence-electron chi connectivity index (χ3n) is 4.24. The highest BCUT2D eigenvalue weighted by Gasteiger charge is 2.16. The van der Waals surface area contributed by atoms with Gasteiger partial charge in [0.2, 0.25) is 0 Å². The van der Waals surface area contributed by atoms with E-state index in [0.717, 1.165) is 24.1 Å². The summed E-state index contributed by atoms with van der Waals surface area (Å²) in [5, 5.41) is 31.5. The van der Waals surface area contributed by atoms with Gasteiger partial charge in [-0.2, -0.15) is 5.26 Å². The second-order valence-electron chi connectivity index (χ2n) is 5.92. The third-order valence-corrected chi connectivity index (χ3v) is 4.24. The van der Waals surface area contributed by atoms with Gasteiger partial charge in [0.05, 0.1) is 16.8 Å². The Morgan fingerprint density at radius 2 is 2.08 bits per heavy atom. The molecule has 3 N–H and O–H groups in total. The van der Waals surface area contributed by atoms with Crippen molar-refractivity contribution in [3.63, 3.8) is 0 Å². The van der Waals surface area contributed by atoms with Crippen LogP contribution in [0.15, 0.2) is 41.7 Å². The van der Waals surface area contributed by atoms with Gasteiger partial charge >= 0.3 is 5.97 Å². The number of rotatable bonds is 6. The van der Waals surface area contributed by atoms with Crippen LogP contribution in [0.5, 0.6) is 0 Å². The van der Waals surface area contributed by atoms with Gasteiger partial charge in [-0.15, -0.1) is 0 Å². The molecule has 0 unspecified atom stereocenters. The van der Waals surface area contributed by atoms with E-state index in [1.54, 1.807) is 13.0 Å². The molecule has 0 aliphatic heterocycles. The lowest BCUT2D eigenvalue weighted by Crippen LogP contribution is -2.15. The summed E-state index contributed by atoms with van der Waals surface area (Å²) < 4.78 is 0. The van der Waals surface area contributed by atoms with Crippen LogP contribution in [0.3, 0.4) is 0 Å². The van der Waals surface area contributed by atoms with Crippen molar-refractivity contribution in [2.24, 2.45) is 0 Å². The van der Waals surface area contributed by atoms with Crippen molar-refractivity contribution in [2.75, 3.05) is 5.32 Å². The molecule has 1 fully saturated rings. The van der Waals surface area contributed by atoms with Gasteiger partial charge in [-0.3, -0.25) is 0 Å². The normalized spacial score (nSPS) is 16.0. The minimum atomic E-state index is -1.18. The number of aliphatic hydroxyl groups is 1. The van der Waals surface area contributed by atoms with Crippen LogP contribution in [-0.4, -0.2) is 22.2 Å². The maximum atomic E-state index is 11.2. The monoisotopic (exact) mass is 326 g/mol. The number of carboxylic acid groups (broad SMARTS) is 1. The van der Waals surface area contributed by atoms with E-state index in [1.807, 2.05) is 12.1 Å². The zero-order chi connectivity index (χ0) is 17.5. The molecule has 1 aliphatic carbocycles. The lowest BCUT2D eigenvalue weighted by Gasteiger charge is -2.15. The summed E-state index contributed by atoms with van der Waals surface area (Å²) in [5.41, 5.74) is 2.07. The number of allylic oxidation sites excluding steroid dienone is 2. The molecule has 1 aromatic rings. The maximum Gasteiger partial charge on any atom is 0.339 e. The second kappa shape index (κ2) is 8.21. The van der Waals surface area contributed by atoms with Crippen molar-refractivity contribution in [3.8, 4) is 6.07 Å². The second-order valence-corrected chi connectivity index (χ2v) is 5.92. The molecular weight excluding hydrogens is 304 g/mol. The highest BCUT2D eigenvalue weighted by molar-refractivity contribution is 5.90. The van der Waals surface area contributed by atoms with Crippen LogP contribution >= 0.6 is 0 Å². The molecule has 1 aliphatic rings. The molecule has 0 atom stereocenters. The smallest absolute Gasteiger partial charge is 0.339 e. The Kier molecular flexibility index (Phi) is 6.02. The van der Waals surface area contributed by atoms with Gasteiger partial charge in [-0.05, 0) is 50.0 Å². The van der Waals surface area contributed by atoms with Gasteiger partial charge < -0.3 is 15.5 Å². The fraction of sp³-hybridized carbons (Fsp3) is 0.368. The number of carboxylic acids is 1. The average Bonchev–Trinajstić information content (AvgIpc) is 3.08. The summed E-state index contributed by atoms with van der Waals surface area (Å²) in [6.45, 7) is 1.57. The first-order valence-corrected chi connectivity index (χ1v) is 8.13. The minimum Gasteiger partial charge on any atom is -0.507 e. The average molecular weight is 326 g/mol. The van der Waals surface area contributed by atoms with Crippen LogP contribution in [-0.2, 0) is 11.2 Å². The quantitative estimate of drug-likeness (QED) is 0.418. The molecule has 5 heteroatoms. The van der Waals surface area contributed by atoms with E-state index in [0.29, 0.717) is 18.0 Å². The number of anilines is 1. The molecule has 0 aromatic heterocycles. The topological polar surface area (TPSA) is 93.4 Å². The first kappa shape index (κ1) is 17.6. The Bertz CT molecular complexity index is 708. The molecule has 5 nitrogen and oxygen atoms in total. The number of aliphatic carboxylic acids is 1. The van der Waals surface area contributed by atoms with Crippen molar-refractivity contribution < 1.29 is 15.0 Å². The molecular formula is C19H22N2O3. The number of nitriles is 1. The Morgan fingerprint density at radius 3 is 2.67 bits per heavy atom. The molecule has 0 radical (unpaired) electrons. The predicted molar refractivity (Wildman–Crippen MR) is 92.8 cm³/mol. The molecule has 24 heavy (non-hydrogen) atoms. The minimum absolute atomic E-state index is 0.135. The Labute approximate surface area is 141 Å². The van der Waals surface area contributed by atoms with Crippen molar-refractivity contribution in [3.05, 3.63) is 52.8 Å². The Morgan fingerprint density at radius 1 is 1.38 bits per heavy atom. The number of nitrogens with one attached hydrogen (secondary N) is 1. The van der Waals surface area contributed by atoms with E-state index in [9.17, 15) is 15.2 Å². The van der Waals surface area contributed by atoms with Crippen molar-refractivity contribution in [1.29, 1.82) is 5.26 Å². The van der Waals surface area contributed by atoms with Gasteiger partial charge in [0, 0.05) is 6.04 Å². The maximum absolute atomic E-state index is 11.2. The molecule has 0 bridgehead atoms. The molecule has 126 valence electrons. The van der Waals surface area contributed by atoms with Gasteiger partial charge in [-0.25, -0.2) is 4.79 Å². The highest BCUT2D eigenvalue weighted by atomic mass is 16.4. The number of benzene rings is 1. The number of hydrogen-bond donors (Lipinski definition) is 3. The summed E-state index contributed by atoms with van der Waals surface area (Å²) in [5.74, 6) is -1.44. The zero-order valence-electron chi connectivity index (χ0n) is 13.7. The predicted octanol–water partition coefficient (Wildman–Crippen LogP) is 3.93. The van der Waals surface area contributed by atoms with E-state index in [1.165, 1.54) is 25.0 Å². The van der Waals surface area contributed by atoms with Crippen molar-refractivity contribution >= 4 is 11.7 Å². The summed E-state index contributed by atoms with van der Waals surface area (Å²) in [7, 11) is 0. The summed E-state index contributed by atoms with van der Waals surface area (Å²) in [6.07, 6.45) is 7.81.